The fourth-order valence-corrected chi connectivity index (χ4v) is 2.60. The summed E-state index contributed by atoms with van der Waals surface area (Å²) in [5.74, 6) is 0.585. The molecule has 2 aromatic carbocycles. The average Bonchev–Trinajstić information content (AvgIpc) is 2.64. The number of anilines is 1. The second-order valence-corrected chi connectivity index (χ2v) is 5.64. The van der Waals surface area contributed by atoms with Crippen LogP contribution in [0.5, 0.6) is 5.75 Å². The van der Waals surface area contributed by atoms with E-state index < -0.39 is 0 Å². The normalized spacial score (nSPS) is 10.6. The quantitative estimate of drug-likeness (QED) is 0.751. The van der Waals surface area contributed by atoms with Crippen molar-refractivity contribution in [1.29, 1.82) is 0 Å². The van der Waals surface area contributed by atoms with Crippen LogP contribution in [-0.2, 0) is 11.3 Å². The van der Waals surface area contributed by atoms with E-state index in [4.69, 9.17) is 4.74 Å². The summed E-state index contributed by atoms with van der Waals surface area (Å²) in [6.07, 6.45) is 2.40. The fourth-order valence-electron chi connectivity index (χ4n) is 2.60. The molecule has 0 bridgehead atoms. The van der Waals surface area contributed by atoms with Crippen LogP contribution in [0.4, 0.5) is 5.69 Å². The Morgan fingerprint density at radius 3 is 2.88 bits per heavy atom. The van der Waals surface area contributed by atoms with E-state index in [-0.39, 0.29) is 11.5 Å². The third-order valence-electron chi connectivity index (χ3n) is 3.89. The number of aryl methyl sites for hydroxylation is 1. The zero-order valence-electron chi connectivity index (χ0n) is 13.9. The van der Waals surface area contributed by atoms with Crippen molar-refractivity contribution in [2.45, 2.75) is 19.4 Å². The highest BCUT2D eigenvalue weighted by Gasteiger charge is 2.06. The van der Waals surface area contributed by atoms with E-state index in [0.717, 1.165) is 0 Å². The predicted molar refractivity (Wildman–Crippen MR) is 96.9 cm³/mol. The first-order valence-corrected chi connectivity index (χ1v) is 8.05. The Labute approximate surface area is 145 Å². The number of para-hydroxylation sites is 1. The second-order valence-electron chi connectivity index (χ2n) is 5.64. The summed E-state index contributed by atoms with van der Waals surface area (Å²) in [4.78, 5) is 28.7. The van der Waals surface area contributed by atoms with Crippen LogP contribution in [0.3, 0.4) is 0 Å². The molecule has 0 saturated heterocycles. The summed E-state index contributed by atoms with van der Waals surface area (Å²) >= 11 is 0. The summed E-state index contributed by atoms with van der Waals surface area (Å²) in [5.41, 5.74) is 1.28. The molecular formula is C19H19N3O3. The molecule has 0 radical (unpaired) electrons. The minimum Gasteiger partial charge on any atom is -0.497 e. The molecule has 1 amide bonds. The van der Waals surface area contributed by atoms with Crippen molar-refractivity contribution in [1.82, 2.24) is 9.55 Å². The van der Waals surface area contributed by atoms with Gasteiger partial charge in [-0.25, -0.2) is 4.98 Å². The predicted octanol–water partition coefficient (Wildman–Crippen LogP) is 2.82. The van der Waals surface area contributed by atoms with Crippen LogP contribution in [0.25, 0.3) is 10.9 Å². The van der Waals surface area contributed by atoms with E-state index in [1.807, 2.05) is 30.3 Å². The molecule has 128 valence electrons. The van der Waals surface area contributed by atoms with Crippen molar-refractivity contribution in [3.8, 4) is 5.75 Å². The number of nitrogens with zero attached hydrogens (tertiary/aromatic N) is 2. The highest BCUT2D eigenvalue weighted by atomic mass is 16.5. The Balaban J connectivity index is 1.58. The Kier molecular flexibility index (Phi) is 5.09. The van der Waals surface area contributed by atoms with Crippen LogP contribution >= 0.6 is 0 Å². The van der Waals surface area contributed by atoms with Gasteiger partial charge in [-0.05, 0) is 30.7 Å². The molecule has 0 aliphatic carbocycles. The molecule has 0 fully saturated rings. The smallest absolute Gasteiger partial charge is 0.261 e. The molecule has 1 aromatic heterocycles. The van der Waals surface area contributed by atoms with E-state index in [1.54, 1.807) is 29.9 Å². The average molecular weight is 337 g/mol. The number of carbonyl (C=O) groups excluding carboxylic acids is 1. The molecule has 25 heavy (non-hydrogen) atoms. The molecule has 0 aliphatic rings. The number of carbonyl (C=O) groups is 1. The van der Waals surface area contributed by atoms with Crippen molar-refractivity contribution in [2.24, 2.45) is 0 Å². The SMILES string of the molecule is COc1cccc(NC(=O)CCCn2cnc3ccccc3c2=O)c1. The zero-order chi connectivity index (χ0) is 17.6. The first-order chi connectivity index (χ1) is 12.2. The summed E-state index contributed by atoms with van der Waals surface area (Å²) in [5, 5.41) is 3.41. The van der Waals surface area contributed by atoms with E-state index >= 15 is 0 Å². The largest absolute Gasteiger partial charge is 0.497 e. The monoisotopic (exact) mass is 337 g/mol. The van der Waals surface area contributed by atoms with Crippen molar-refractivity contribution >= 4 is 22.5 Å². The molecule has 1 N–H and O–H groups in total. The molecule has 6 nitrogen and oxygen atoms in total. The molecule has 0 atom stereocenters. The number of fused-ring (bicyclic) bond motifs is 1. The number of hydrogen-bond acceptors (Lipinski definition) is 4. The number of methoxy groups -OCH3 is 1. The summed E-state index contributed by atoms with van der Waals surface area (Å²) in [6.45, 7) is 0.447. The van der Waals surface area contributed by atoms with E-state index in [9.17, 15) is 9.59 Å². The molecular weight excluding hydrogens is 318 g/mol. The summed E-state index contributed by atoms with van der Waals surface area (Å²) in [7, 11) is 1.58. The van der Waals surface area contributed by atoms with E-state index in [1.165, 1.54) is 6.33 Å². The topological polar surface area (TPSA) is 73.2 Å². The van der Waals surface area contributed by atoms with Gasteiger partial charge in [-0.1, -0.05) is 18.2 Å². The van der Waals surface area contributed by atoms with Gasteiger partial charge in [0.05, 0.1) is 24.3 Å². The van der Waals surface area contributed by atoms with Crippen LogP contribution in [0.15, 0.2) is 59.7 Å². The van der Waals surface area contributed by atoms with Gasteiger partial charge in [-0.15, -0.1) is 0 Å². The molecule has 0 unspecified atom stereocenters. The number of amides is 1. The molecule has 3 rings (SSSR count). The molecule has 3 aromatic rings. The molecule has 0 spiro atoms. The van der Waals surface area contributed by atoms with Gasteiger partial charge < -0.3 is 10.1 Å². The Hall–Kier alpha value is -3.15. The van der Waals surface area contributed by atoms with E-state index in [0.29, 0.717) is 41.7 Å². The van der Waals surface area contributed by atoms with Gasteiger partial charge in [0, 0.05) is 24.7 Å². The minimum absolute atomic E-state index is 0.0844. The lowest BCUT2D eigenvalue weighted by Crippen LogP contribution is -2.21. The Bertz CT molecular complexity index is 950. The van der Waals surface area contributed by atoms with Crippen LogP contribution in [-0.4, -0.2) is 22.6 Å². The van der Waals surface area contributed by atoms with Gasteiger partial charge in [-0.3, -0.25) is 14.2 Å². The van der Waals surface area contributed by atoms with Gasteiger partial charge >= 0.3 is 0 Å². The first-order valence-electron chi connectivity index (χ1n) is 8.05. The lowest BCUT2D eigenvalue weighted by Gasteiger charge is -2.08. The first kappa shape index (κ1) is 16.7. The van der Waals surface area contributed by atoms with Gasteiger partial charge in [0.1, 0.15) is 5.75 Å². The number of ether oxygens (including phenoxy) is 1. The Morgan fingerprint density at radius 1 is 1.20 bits per heavy atom. The lowest BCUT2D eigenvalue weighted by atomic mass is 10.2. The molecule has 0 saturated carbocycles. The van der Waals surface area contributed by atoms with Crippen LogP contribution in [0.1, 0.15) is 12.8 Å². The number of benzene rings is 2. The third-order valence-corrected chi connectivity index (χ3v) is 3.89. The van der Waals surface area contributed by atoms with Gasteiger partial charge in [0.2, 0.25) is 5.91 Å². The molecule has 6 heteroatoms. The third kappa shape index (κ3) is 4.03. The van der Waals surface area contributed by atoms with Gasteiger partial charge in [0.25, 0.3) is 5.56 Å². The number of nitrogens with one attached hydrogen (secondary N) is 1. The van der Waals surface area contributed by atoms with E-state index in [2.05, 4.69) is 10.3 Å². The van der Waals surface area contributed by atoms with Gasteiger partial charge in [-0.2, -0.15) is 0 Å². The van der Waals surface area contributed by atoms with Crippen LogP contribution in [0, 0.1) is 0 Å². The number of hydrogen-bond donors (Lipinski definition) is 1. The molecule has 1 heterocycles. The standard InChI is InChI=1S/C19H19N3O3/c1-25-15-7-4-6-14(12-15)21-18(23)10-5-11-22-13-20-17-9-3-2-8-16(17)19(22)24/h2-4,6-9,12-13H,5,10-11H2,1H3,(H,21,23). The highest BCUT2D eigenvalue weighted by Crippen LogP contribution is 2.17. The number of aromatic nitrogens is 2. The Morgan fingerprint density at radius 2 is 2.04 bits per heavy atom. The minimum atomic E-state index is -0.102. The van der Waals surface area contributed by atoms with Crippen molar-refractivity contribution in [3.05, 3.63) is 65.2 Å². The maximum absolute atomic E-state index is 12.4. The van der Waals surface area contributed by atoms with Crippen molar-refractivity contribution in [2.75, 3.05) is 12.4 Å². The maximum Gasteiger partial charge on any atom is 0.261 e. The van der Waals surface area contributed by atoms with Crippen molar-refractivity contribution < 1.29 is 9.53 Å². The number of rotatable bonds is 6. The van der Waals surface area contributed by atoms with Gasteiger partial charge in [0.15, 0.2) is 0 Å². The highest BCUT2D eigenvalue weighted by molar-refractivity contribution is 5.90. The molecule has 0 aliphatic heterocycles. The maximum atomic E-state index is 12.4. The zero-order valence-corrected chi connectivity index (χ0v) is 13.9. The fraction of sp³-hybridized carbons (Fsp3) is 0.211. The second kappa shape index (κ2) is 7.61. The lowest BCUT2D eigenvalue weighted by molar-refractivity contribution is -0.116. The van der Waals surface area contributed by atoms with Crippen LogP contribution < -0.4 is 15.6 Å². The van der Waals surface area contributed by atoms with Crippen molar-refractivity contribution in [3.63, 3.8) is 0 Å². The summed E-state index contributed by atoms with van der Waals surface area (Å²) < 4.78 is 6.67. The van der Waals surface area contributed by atoms with Crippen LogP contribution in [0.2, 0.25) is 0 Å². The summed E-state index contributed by atoms with van der Waals surface area (Å²) in [6, 6.07) is 14.4.